The van der Waals surface area contributed by atoms with E-state index in [4.69, 9.17) is 4.74 Å². The highest BCUT2D eigenvalue weighted by Gasteiger charge is 2.13. The van der Waals surface area contributed by atoms with Gasteiger partial charge in [-0.1, -0.05) is 46.3 Å². The molecule has 0 fully saturated rings. The molecule has 20 heavy (non-hydrogen) atoms. The molecule has 0 aromatic heterocycles. The third-order valence-electron chi connectivity index (χ3n) is 3.00. The molecule has 0 saturated carbocycles. The number of fused-ring (bicyclic) bond motifs is 1. The first-order valence-electron chi connectivity index (χ1n) is 6.26. The summed E-state index contributed by atoms with van der Waals surface area (Å²) >= 11 is 3.51. The molecular formula is C15H14BrF3O. The van der Waals surface area contributed by atoms with E-state index in [1.54, 1.807) is 18.2 Å². The molecule has 2 aromatic rings. The molecule has 5 heteroatoms. The number of benzene rings is 2. The summed E-state index contributed by atoms with van der Waals surface area (Å²) in [7, 11) is 0. The van der Waals surface area contributed by atoms with Crippen molar-refractivity contribution >= 4 is 26.7 Å². The number of hydrogen-bond acceptors (Lipinski definition) is 1. The van der Waals surface area contributed by atoms with Crippen LogP contribution in [0.5, 0.6) is 0 Å². The van der Waals surface area contributed by atoms with Gasteiger partial charge in [-0.2, -0.15) is 0 Å². The predicted molar refractivity (Wildman–Crippen MR) is 77.0 cm³/mol. The van der Waals surface area contributed by atoms with E-state index < -0.39 is 13.0 Å². The smallest absolute Gasteiger partial charge is 0.261 e. The van der Waals surface area contributed by atoms with Gasteiger partial charge in [0.2, 0.25) is 0 Å². The van der Waals surface area contributed by atoms with Crippen LogP contribution in [0.4, 0.5) is 13.2 Å². The quantitative estimate of drug-likeness (QED) is 0.523. The molecule has 1 atom stereocenters. The zero-order valence-electron chi connectivity index (χ0n) is 10.7. The number of rotatable bonds is 6. The van der Waals surface area contributed by atoms with Crippen molar-refractivity contribution in [1.29, 1.82) is 0 Å². The summed E-state index contributed by atoms with van der Waals surface area (Å²) in [6.45, 7) is -0.324. The third kappa shape index (κ3) is 3.73. The maximum Gasteiger partial charge on any atom is 0.261 e. The van der Waals surface area contributed by atoms with E-state index >= 15 is 0 Å². The van der Waals surface area contributed by atoms with Gasteiger partial charge in [-0.05, 0) is 23.4 Å². The summed E-state index contributed by atoms with van der Waals surface area (Å²) in [5.74, 6) is -0.266. The molecule has 0 aliphatic rings. The molecule has 2 aromatic carbocycles. The van der Waals surface area contributed by atoms with Crippen molar-refractivity contribution in [1.82, 2.24) is 0 Å². The van der Waals surface area contributed by atoms with Crippen molar-refractivity contribution in [3.8, 4) is 0 Å². The minimum atomic E-state index is -2.45. The Morgan fingerprint density at radius 1 is 1.05 bits per heavy atom. The second kappa shape index (κ2) is 7.09. The highest BCUT2D eigenvalue weighted by Crippen LogP contribution is 2.33. The lowest BCUT2D eigenvalue weighted by atomic mass is 10.0. The highest BCUT2D eigenvalue weighted by molar-refractivity contribution is 9.09. The second-order valence-electron chi connectivity index (χ2n) is 4.40. The first-order chi connectivity index (χ1) is 9.59. The lowest BCUT2D eigenvalue weighted by Crippen LogP contribution is -2.07. The summed E-state index contributed by atoms with van der Waals surface area (Å²) < 4.78 is 42.5. The van der Waals surface area contributed by atoms with Gasteiger partial charge in [0.15, 0.2) is 0 Å². The lowest BCUT2D eigenvalue weighted by Gasteiger charge is -2.14. The Morgan fingerprint density at radius 2 is 1.75 bits per heavy atom. The van der Waals surface area contributed by atoms with Crippen LogP contribution in [0.15, 0.2) is 36.4 Å². The molecule has 0 radical (unpaired) electrons. The van der Waals surface area contributed by atoms with Gasteiger partial charge in [0.05, 0.1) is 0 Å². The maximum atomic E-state index is 13.7. The Morgan fingerprint density at radius 3 is 2.45 bits per heavy atom. The Kier molecular flexibility index (Phi) is 5.43. The SMILES string of the molecule is Fc1ccc(C(Br)CCOCC(F)F)c2ccccc12. The molecule has 2 rings (SSSR count). The van der Waals surface area contributed by atoms with Gasteiger partial charge in [-0.3, -0.25) is 0 Å². The molecule has 108 valence electrons. The molecule has 0 N–H and O–H groups in total. The topological polar surface area (TPSA) is 9.23 Å². The molecule has 0 spiro atoms. The van der Waals surface area contributed by atoms with E-state index in [9.17, 15) is 13.2 Å². The minimum Gasteiger partial charge on any atom is -0.375 e. The van der Waals surface area contributed by atoms with Gasteiger partial charge in [-0.25, -0.2) is 13.2 Å². The molecule has 0 amide bonds. The fraction of sp³-hybridized carbons (Fsp3) is 0.333. The van der Waals surface area contributed by atoms with Crippen LogP contribution in [0, 0.1) is 5.82 Å². The summed E-state index contributed by atoms with van der Waals surface area (Å²) in [4.78, 5) is -0.0642. The lowest BCUT2D eigenvalue weighted by molar-refractivity contribution is 0.0167. The first kappa shape index (κ1) is 15.3. The van der Waals surface area contributed by atoms with E-state index in [0.29, 0.717) is 11.8 Å². The Labute approximate surface area is 123 Å². The van der Waals surface area contributed by atoms with Crippen LogP contribution < -0.4 is 0 Å². The third-order valence-corrected chi connectivity index (χ3v) is 3.95. The van der Waals surface area contributed by atoms with E-state index in [1.807, 2.05) is 12.1 Å². The number of hydrogen-bond donors (Lipinski definition) is 0. The first-order valence-corrected chi connectivity index (χ1v) is 7.18. The van der Waals surface area contributed by atoms with Gasteiger partial charge in [-0.15, -0.1) is 0 Å². The minimum absolute atomic E-state index is 0.0642. The second-order valence-corrected chi connectivity index (χ2v) is 5.51. The average Bonchev–Trinajstić information content (AvgIpc) is 2.44. The highest BCUT2D eigenvalue weighted by atomic mass is 79.9. The van der Waals surface area contributed by atoms with Crippen molar-refractivity contribution in [3.05, 3.63) is 47.8 Å². The van der Waals surface area contributed by atoms with E-state index in [-0.39, 0.29) is 17.3 Å². The number of ether oxygens (including phenoxy) is 1. The summed E-state index contributed by atoms with van der Waals surface area (Å²) in [6, 6.07) is 10.3. The van der Waals surface area contributed by atoms with E-state index in [0.717, 1.165) is 10.9 Å². The zero-order valence-corrected chi connectivity index (χ0v) is 12.2. The summed E-state index contributed by atoms with van der Waals surface area (Å²) in [5.41, 5.74) is 0.933. The molecular weight excluding hydrogens is 333 g/mol. The molecule has 1 unspecified atom stereocenters. The van der Waals surface area contributed by atoms with Crippen molar-refractivity contribution in [2.45, 2.75) is 17.7 Å². The standard InChI is InChI=1S/C15H14BrF3O/c16-13(7-8-20-9-15(18)19)11-5-6-14(17)12-4-2-1-3-10(11)12/h1-6,13,15H,7-9H2. The van der Waals surface area contributed by atoms with Crippen LogP contribution in [0.1, 0.15) is 16.8 Å². The van der Waals surface area contributed by atoms with Crippen LogP contribution in [0.2, 0.25) is 0 Å². The van der Waals surface area contributed by atoms with Gasteiger partial charge < -0.3 is 4.74 Å². The fourth-order valence-corrected chi connectivity index (χ4v) is 2.66. The van der Waals surface area contributed by atoms with Gasteiger partial charge >= 0.3 is 0 Å². The number of alkyl halides is 3. The van der Waals surface area contributed by atoms with E-state index in [1.165, 1.54) is 6.07 Å². The van der Waals surface area contributed by atoms with Crippen LogP contribution in [-0.4, -0.2) is 19.6 Å². The van der Waals surface area contributed by atoms with Crippen LogP contribution in [-0.2, 0) is 4.74 Å². The van der Waals surface area contributed by atoms with Crippen molar-refractivity contribution in [2.75, 3.05) is 13.2 Å². The predicted octanol–water partition coefficient (Wildman–Crippen LogP) is 5.09. The van der Waals surface area contributed by atoms with Gasteiger partial charge in [0, 0.05) is 16.8 Å². The van der Waals surface area contributed by atoms with Gasteiger partial charge in [0.25, 0.3) is 6.43 Å². The number of halogens is 4. The van der Waals surface area contributed by atoms with Gasteiger partial charge in [0.1, 0.15) is 12.4 Å². The molecule has 0 aliphatic carbocycles. The molecule has 1 nitrogen and oxygen atoms in total. The summed E-state index contributed by atoms with van der Waals surface area (Å²) in [6.07, 6.45) is -1.90. The Hall–Kier alpha value is -1.07. The fourth-order valence-electron chi connectivity index (χ4n) is 2.07. The van der Waals surface area contributed by atoms with Crippen molar-refractivity contribution in [3.63, 3.8) is 0 Å². The summed E-state index contributed by atoms with van der Waals surface area (Å²) in [5, 5.41) is 1.38. The van der Waals surface area contributed by atoms with Crippen molar-refractivity contribution in [2.24, 2.45) is 0 Å². The monoisotopic (exact) mass is 346 g/mol. The molecule has 0 saturated heterocycles. The largest absolute Gasteiger partial charge is 0.375 e. The zero-order chi connectivity index (χ0) is 14.5. The van der Waals surface area contributed by atoms with Crippen LogP contribution in [0.3, 0.4) is 0 Å². The average molecular weight is 347 g/mol. The molecule has 0 bridgehead atoms. The van der Waals surface area contributed by atoms with Crippen LogP contribution in [0.25, 0.3) is 10.8 Å². The Balaban J connectivity index is 2.10. The maximum absolute atomic E-state index is 13.7. The Bertz CT molecular complexity index is 574. The molecule has 0 heterocycles. The molecule has 0 aliphatic heterocycles. The van der Waals surface area contributed by atoms with Crippen molar-refractivity contribution < 1.29 is 17.9 Å². The van der Waals surface area contributed by atoms with E-state index in [2.05, 4.69) is 15.9 Å². The van der Waals surface area contributed by atoms with Crippen LogP contribution >= 0.6 is 15.9 Å². The normalized spacial score (nSPS) is 13.1.